The topological polar surface area (TPSA) is 35.6 Å². The minimum atomic E-state index is 0.103. The largest absolute Gasteiger partial charge is 0.378 e. The Balaban J connectivity index is 1.48. The smallest absolute Gasteiger partial charge is 0.220 e. The number of anilines is 2. The molecule has 160 valence electrons. The van der Waals surface area contributed by atoms with Crippen LogP contribution >= 0.6 is 0 Å². The highest BCUT2D eigenvalue weighted by Gasteiger charge is 2.27. The summed E-state index contributed by atoms with van der Waals surface area (Å²) in [5.74, 6) is 0.103. The number of carbonyl (C=O) groups excluding carboxylic acids is 1. The molecule has 0 radical (unpaired) electrons. The van der Waals surface area contributed by atoms with E-state index in [0.717, 1.165) is 19.4 Å². The van der Waals surface area contributed by atoms with E-state index < -0.39 is 0 Å². The van der Waals surface area contributed by atoms with Gasteiger partial charge in [-0.15, -0.1) is 0 Å². The Morgan fingerprint density at radius 1 is 0.968 bits per heavy atom. The van der Waals surface area contributed by atoms with Gasteiger partial charge in [0.05, 0.1) is 6.04 Å². The molecule has 1 aliphatic heterocycles. The van der Waals surface area contributed by atoms with Gasteiger partial charge in [0.2, 0.25) is 5.91 Å². The zero-order chi connectivity index (χ0) is 21.6. The van der Waals surface area contributed by atoms with E-state index in [-0.39, 0.29) is 11.9 Å². The molecule has 0 spiro atoms. The molecular formula is C27H31N3O. The maximum atomic E-state index is 12.6. The number of aryl methyl sites for hydroxylation is 1. The summed E-state index contributed by atoms with van der Waals surface area (Å²) in [7, 11) is 4.10. The molecule has 0 aliphatic carbocycles. The fourth-order valence-electron chi connectivity index (χ4n) is 4.29. The number of amides is 1. The molecule has 1 aliphatic rings. The Hall–Kier alpha value is -3.27. The number of benzene rings is 3. The lowest BCUT2D eigenvalue weighted by Crippen LogP contribution is -2.37. The third kappa shape index (κ3) is 5.08. The lowest BCUT2D eigenvalue weighted by atomic mass is 10.0. The molecule has 0 saturated heterocycles. The zero-order valence-electron chi connectivity index (χ0n) is 18.4. The van der Waals surface area contributed by atoms with Gasteiger partial charge in [0, 0.05) is 45.0 Å². The van der Waals surface area contributed by atoms with Crippen molar-refractivity contribution in [3.05, 3.63) is 95.6 Å². The zero-order valence-corrected chi connectivity index (χ0v) is 18.4. The summed E-state index contributed by atoms with van der Waals surface area (Å²) in [4.78, 5) is 17.2. The Morgan fingerprint density at radius 3 is 2.42 bits per heavy atom. The number of rotatable bonds is 8. The van der Waals surface area contributed by atoms with Crippen molar-refractivity contribution < 1.29 is 4.79 Å². The van der Waals surface area contributed by atoms with Crippen molar-refractivity contribution in [2.75, 3.05) is 37.0 Å². The fraction of sp³-hybridized carbons (Fsp3) is 0.296. The van der Waals surface area contributed by atoms with Gasteiger partial charge in [0.15, 0.2) is 0 Å². The normalized spacial score (nSPS) is 13.5. The summed E-state index contributed by atoms with van der Waals surface area (Å²) >= 11 is 0. The molecule has 31 heavy (non-hydrogen) atoms. The Kier molecular flexibility index (Phi) is 6.56. The molecule has 4 nitrogen and oxygen atoms in total. The molecule has 0 saturated carbocycles. The van der Waals surface area contributed by atoms with E-state index >= 15 is 0 Å². The van der Waals surface area contributed by atoms with E-state index in [4.69, 9.17) is 0 Å². The van der Waals surface area contributed by atoms with Crippen LogP contribution in [0, 0.1) is 0 Å². The van der Waals surface area contributed by atoms with Crippen molar-refractivity contribution in [2.24, 2.45) is 0 Å². The van der Waals surface area contributed by atoms with Crippen LogP contribution in [0.2, 0.25) is 0 Å². The number of hydrogen-bond donors (Lipinski definition) is 1. The van der Waals surface area contributed by atoms with Gasteiger partial charge in [-0.1, -0.05) is 60.7 Å². The lowest BCUT2D eigenvalue weighted by molar-refractivity contribution is -0.121. The summed E-state index contributed by atoms with van der Waals surface area (Å²) in [6.07, 6.45) is 2.32. The van der Waals surface area contributed by atoms with Crippen molar-refractivity contribution in [3.63, 3.8) is 0 Å². The Bertz CT molecular complexity index is 999. The highest BCUT2D eigenvalue weighted by molar-refractivity contribution is 5.76. The van der Waals surface area contributed by atoms with Crippen molar-refractivity contribution >= 4 is 17.3 Å². The Morgan fingerprint density at radius 2 is 1.68 bits per heavy atom. The van der Waals surface area contributed by atoms with Gasteiger partial charge in [-0.25, -0.2) is 0 Å². The first-order valence-corrected chi connectivity index (χ1v) is 11.0. The predicted molar refractivity (Wildman–Crippen MR) is 129 cm³/mol. The van der Waals surface area contributed by atoms with Gasteiger partial charge in [-0.3, -0.25) is 4.79 Å². The van der Waals surface area contributed by atoms with E-state index in [0.29, 0.717) is 13.0 Å². The summed E-state index contributed by atoms with van der Waals surface area (Å²) in [5, 5.41) is 3.21. The minimum absolute atomic E-state index is 0.103. The van der Waals surface area contributed by atoms with Crippen LogP contribution in [-0.4, -0.2) is 33.1 Å². The highest BCUT2D eigenvalue weighted by Crippen LogP contribution is 2.35. The molecule has 0 unspecified atom stereocenters. The molecule has 3 aromatic rings. The van der Waals surface area contributed by atoms with Crippen LogP contribution in [-0.2, 0) is 17.6 Å². The molecule has 1 atom stereocenters. The average molecular weight is 414 g/mol. The van der Waals surface area contributed by atoms with Crippen LogP contribution in [0.3, 0.4) is 0 Å². The second kappa shape index (κ2) is 9.69. The number of para-hydroxylation sites is 1. The molecule has 1 amide bonds. The number of hydrogen-bond acceptors (Lipinski definition) is 3. The fourth-order valence-corrected chi connectivity index (χ4v) is 4.29. The van der Waals surface area contributed by atoms with Crippen molar-refractivity contribution in [1.82, 2.24) is 5.32 Å². The van der Waals surface area contributed by atoms with Crippen LogP contribution in [0.1, 0.15) is 29.2 Å². The van der Waals surface area contributed by atoms with Crippen LogP contribution in [0.5, 0.6) is 0 Å². The second-order valence-corrected chi connectivity index (χ2v) is 8.36. The van der Waals surface area contributed by atoms with Crippen LogP contribution in [0.15, 0.2) is 78.9 Å². The number of carbonyl (C=O) groups is 1. The monoisotopic (exact) mass is 413 g/mol. The molecule has 0 aromatic heterocycles. The average Bonchev–Trinajstić information content (AvgIpc) is 3.23. The summed E-state index contributed by atoms with van der Waals surface area (Å²) in [6.45, 7) is 1.57. The molecule has 4 rings (SSSR count). The third-order valence-corrected chi connectivity index (χ3v) is 6.07. The molecule has 0 bridgehead atoms. The first kappa shape index (κ1) is 21.0. The van der Waals surface area contributed by atoms with Crippen molar-refractivity contribution in [2.45, 2.75) is 25.3 Å². The van der Waals surface area contributed by atoms with Crippen LogP contribution in [0.4, 0.5) is 11.4 Å². The van der Waals surface area contributed by atoms with Crippen molar-refractivity contribution in [3.8, 4) is 0 Å². The number of fused-ring (bicyclic) bond motifs is 1. The van der Waals surface area contributed by atoms with E-state index in [1.54, 1.807) is 0 Å². The third-order valence-electron chi connectivity index (χ3n) is 6.07. The second-order valence-electron chi connectivity index (χ2n) is 8.36. The van der Waals surface area contributed by atoms with Gasteiger partial charge in [0.25, 0.3) is 0 Å². The van der Waals surface area contributed by atoms with Gasteiger partial charge in [-0.2, -0.15) is 0 Å². The molecule has 4 heteroatoms. The first-order valence-electron chi connectivity index (χ1n) is 11.0. The van der Waals surface area contributed by atoms with Gasteiger partial charge < -0.3 is 15.1 Å². The summed E-state index contributed by atoms with van der Waals surface area (Å²) in [5.41, 5.74) is 6.26. The predicted octanol–water partition coefficient (Wildman–Crippen LogP) is 4.61. The molecule has 0 fully saturated rings. The van der Waals surface area contributed by atoms with E-state index in [1.165, 1.54) is 28.1 Å². The van der Waals surface area contributed by atoms with Gasteiger partial charge in [0.1, 0.15) is 0 Å². The SMILES string of the molecule is CN(C)c1ccc([C@@H](CNC(=O)CCc2ccccc2)N2CCc3ccccc32)cc1. The standard InChI is InChI=1S/C27H31N3O/c1-29(2)24-15-13-23(14-16-24)26(30-19-18-22-10-6-7-11-25(22)30)20-28-27(31)17-12-21-8-4-3-5-9-21/h3-11,13-16,26H,12,17-20H2,1-2H3,(H,28,31)/t26-/m1/s1. The quantitative estimate of drug-likeness (QED) is 0.586. The molecular weight excluding hydrogens is 382 g/mol. The minimum Gasteiger partial charge on any atom is -0.378 e. The van der Waals surface area contributed by atoms with Crippen molar-refractivity contribution in [1.29, 1.82) is 0 Å². The maximum Gasteiger partial charge on any atom is 0.220 e. The maximum absolute atomic E-state index is 12.6. The van der Waals surface area contributed by atoms with Crippen LogP contribution < -0.4 is 15.1 Å². The Labute approximate surface area is 185 Å². The van der Waals surface area contributed by atoms with E-state index in [9.17, 15) is 4.79 Å². The number of nitrogens with zero attached hydrogens (tertiary/aromatic N) is 2. The molecule has 1 heterocycles. The van der Waals surface area contributed by atoms with Crippen LogP contribution in [0.25, 0.3) is 0 Å². The van der Waals surface area contributed by atoms with Gasteiger partial charge in [-0.05, 0) is 47.7 Å². The summed E-state index contributed by atoms with van der Waals surface area (Å²) in [6, 6.07) is 27.6. The first-order chi connectivity index (χ1) is 15.1. The summed E-state index contributed by atoms with van der Waals surface area (Å²) < 4.78 is 0. The molecule has 1 N–H and O–H groups in total. The highest BCUT2D eigenvalue weighted by atomic mass is 16.1. The van der Waals surface area contributed by atoms with E-state index in [1.807, 2.05) is 18.2 Å². The van der Waals surface area contributed by atoms with E-state index in [2.05, 4.69) is 89.9 Å². The lowest BCUT2D eigenvalue weighted by Gasteiger charge is -2.31. The number of nitrogens with one attached hydrogen (secondary N) is 1. The molecule has 3 aromatic carbocycles. The van der Waals surface area contributed by atoms with Gasteiger partial charge >= 0.3 is 0 Å².